The summed E-state index contributed by atoms with van der Waals surface area (Å²) in [5.74, 6) is 2.61. The highest BCUT2D eigenvalue weighted by Gasteiger charge is 1.99. The lowest BCUT2D eigenvalue weighted by molar-refractivity contribution is 0.999. The molecule has 1 rings (SSSR count). The first-order chi connectivity index (χ1) is 6.76. The zero-order valence-corrected chi connectivity index (χ0v) is 9.40. The van der Waals surface area contributed by atoms with Gasteiger partial charge in [-0.3, -0.25) is 0 Å². The number of nitrogens with zero attached hydrogens (tertiary/aromatic N) is 2. The molecule has 0 saturated heterocycles. The highest BCUT2D eigenvalue weighted by Crippen LogP contribution is 2.11. The van der Waals surface area contributed by atoms with Crippen LogP contribution in [0.25, 0.3) is 0 Å². The Morgan fingerprint density at radius 1 is 1.57 bits per heavy atom. The van der Waals surface area contributed by atoms with E-state index in [1.807, 2.05) is 19.1 Å². The Kier molecular flexibility index (Phi) is 4.46. The lowest BCUT2D eigenvalue weighted by Gasteiger charge is -2.05. The second kappa shape index (κ2) is 5.65. The van der Waals surface area contributed by atoms with Gasteiger partial charge in [0, 0.05) is 18.4 Å². The Labute approximate surface area is 89.0 Å². The van der Waals surface area contributed by atoms with Crippen molar-refractivity contribution >= 4 is 17.6 Å². The molecule has 1 aromatic heterocycles. The third-order valence-corrected chi connectivity index (χ3v) is 2.20. The van der Waals surface area contributed by atoms with Gasteiger partial charge in [0.15, 0.2) is 0 Å². The van der Waals surface area contributed by atoms with Gasteiger partial charge in [-0.15, -0.1) is 6.58 Å². The summed E-state index contributed by atoms with van der Waals surface area (Å²) in [7, 11) is 0. The van der Waals surface area contributed by atoms with Crippen molar-refractivity contribution in [2.24, 2.45) is 0 Å². The molecular weight excluding hydrogens is 194 g/mol. The molecule has 0 aliphatic heterocycles. The first-order valence-electron chi connectivity index (χ1n) is 4.44. The quantitative estimate of drug-likeness (QED) is 0.755. The smallest absolute Gasteiger partial charge is 0.130 e. The van der Waals surface area contributed by atoms with Crippen LogP contribution in [0, 0.1) is 6.92 Å². The van der Waals surface area contributed by atoms with E-state index in [-0.39, 0.29) is 0 Å². The van der Waals surface area contributed by atoms with E-state index in [0.29, 0.717) is 0 Å². The number of anilines is 1. The Hall–Kier alpha value is -1.03. The molecule has 0 unspecified atom stereocenters. The van der Waals surface area contributed by atoms with Gasteiger partial charge in [-0.25, -0.2) is 9.97 Å². The molecule has 0 spiro atoms. The van der Waals surface area contributed by atoms with Crippen LogP contribution >= 0.6 is 11.8 Å². The molecule has 0 aromatic carbocycles. The summed E-state index contributed by atoms with van der Waals surface area (Å²) in [5, 5.41) is 3.16. The lowest BCUT2D eigenvalue weighted by atomic mass is 10.4. The standard InChI is InChI=1S/C10H15N3S/c1-4-5-11-10-6-9(7-14-3)12-8(2)13-10/h4,6H,1,5,7H2,2-3H3,(H,11,12,13). The molecule has 1 N–H and O–H groups in total. The Bertz CT molecular complexity index is 312. The molecular formula is C10H15N3S. The number of hydrogen-bond donors (Lipinski definition) is 1. The molecule has 0 aliphatic rings. The van der Waals surface area contributed by atoms with Crippen LogP contribution in [0.5, 0.6) is 0 Å². The minimum atomic E-state index is 0.731. The van der Waals surface area contributed by atoms with Gasteiger partial charge in [-0.05, 0) is 13.2 Å². The molecule has 0 radical (unpaired) electrons. The predicted octanol–water partition coefficient (Wildman–Crippen LogP) is 2.25. The number of nitrogens with one attached hydrogen (secondary N) is 1. The van der Waals surface area contributed by atoms with Crippen LogP contribution in [0.2, 0.25) is 0 Å². The maximum absolute atomic E-state index is 4.33. The van der Waals surface area contributed by atoms with Crippen LogP contribution in [0.15, 0.2) is 18.7 Å². The second-order valence-corrected chi connectivity index (χ2v) is 3.76. The van der Waals surface area contributed by atoms with Crippen LogP contribution in [0.1, 0.15) is 11.5 Å². The minimum absolute atomic E-state index is 0.731. The summed E-state index contributed by atoms with van der Waals surface area (Å²) in [6, 6.07) is 1.98. The summed E-state index contributed by atoms with van der Waals surface area (Å²) in [5.41, 5.74) is 1.07. The molecule has 0 bridgehead atoms. The van der Waals surface area contributed by atoms with Crippen LogP contribution in [0.3, 0.4) is 0 Å². The van der Waals surface area contributed by atoms with Gasteiger partial charge >= 0.3 is 0 Å². The van der Waals surface area contributed by atoms with Crippen molar-refractivity contribution in [3.8, 4) is 0 Å². The SMILES string of the molecule is C=CCNc1cc(CSC)nc(C)n1. The average molecular weight is 209 g/mol. The van der Waals surface area contributed by atoms with Crippen LogP contribution in [-0.2, 0) is 5.75 Å². The van der Waals surface area contributed by atoms with Gasteiger partial charge in [0.2, 0.25) is 0 Å². The van der Waals surface area contributed by atoms with Gasteiger partial charge in [-0.1, -0.05) is 6.08 Å². The van der Waals surface area contributed by atoms with E-state index in [1.165, 1.54) is 0 Å². The van der Waals surface area contributed by atoms with Crippen LogP contribution < -0.4 is 5.32 Å². The van der Waals surface area contributed by atoms with Crippen molar-refractivity contribution in [1.82, 2.24) is 9.97 Å². The molecule has 0 amide bonds. The molecule has 4 heteroatoms. The van der Waals surface area contributed by atoms with Gasteiger partial charge in [0.25, 0.3) is 0 Å². The average Bonchev–Trinajstić information content (AvgIpc) is 2.14. The van der Waals surface area contributed by atoms with E-state index >= 15 is 0 Å². The fourth-order valence-corrected chi connectivity index (χ4v) is 1.56. The third-order valence-electron chi connectivity index (χ3n) is 1.61. The van der Waals surface area contributed by atoms with Gasteiger partial charge in [-0.2, -0.15) is 11.8 Å². The number of hydrogen-bond acceptors (Lipinski definition) is 4. The zero-order valence-electron chi connectivity index (χ0n) is 8.58. The van der Waals surface area contributed by atoms with E-state index in [1.54, 1.807) is 11.8 Å². The molecule has 0 aliphatic carbocycles. The first kappa shape index (κ1) is 11.0. The fraction of sp³-hybridized carbons (Fsp3) is 0.400. The maximum Gasteiger partial charge on any atom is 0.130 e. The predicted molar refractivity (Wildman–Crippen MR) is 62.7 cm³/mol. The van der Waals surface area contributed by atoms with Crippen molar-refractivity contribution in [2.75, 3.05) is 18.1 Å². The van der Waals surface area contributed by atoms with Crippen LogP contribution in [-0.4, -0.2) is 22.8 Å². The summed E-state index contributed by atoms with van der Waals surface area (Å²) in [4.78, 5) is 8.61. The summed E-state index contributed by atoms with van der Waals surface area (Å²) < 4.78 is 0. The summed E-state index contributed by atoms with van der Waals surface area (Å²) in [6.07, 6.45) is 3.87. The zero-order chi connectivity index (χ0) is 10.4. The fourth-order valence-electron chi connectivity index (χ4n) is 1.12. The Morgan fingerprint density at radius 2 is 2.36 bits per heavy atom. The van der Waals surface area contributed by atoms with E-state index in [9.17, 15) is 0 Å². The van der Waals surface area contributed by atoms with E-state index in [4.69, 9.17) is 0 Å². The van der Waals surface area contributed by atoms with E-state index in [0.717, 1.165) is 29.6 Å². The Morgan fingerprint density at radius 3 is 3.00 bits per heavy atom. The number of aryl methyl sites for hydroxylation is 1. The molecule has 3 nitrogen and oxygen atoms in total. The third kappa shape index (κ3) is 3.38. The van der Waals surface area contributed by atoms with Crippen molar-refractivity contribution in [1.29, 1.82) is 0 Å². The first-order valence-corrected chi connectivity index (χ1v) is 5.84. The number of rotatable bonds is 5. The number of aromatic nitrogens is 2. The topological polar surface area (TPSA) is 37.8 Å². The molecule has 1 aromatic rings. The van der Waals surface area contributed by atoms with Gasteiger partial charge < -0.3 is 5.32 Å². The molecule has 0 fully saturated rings. The molecule has 0 saturated carbocycles. The maximum atomic E-state index is 4.33. The van der Waals surface area contributed by atoms with Crippen LogP contribution in [0.4, 0.5) is 5.82 Å². The van der Waals surface area contributed by atoms with Crippen molar-refractivity contribution in [3.63, 3.8) is 0 Å². The number of thioether (sulfide) groups is 1. The summed E-state index contributed by atoms with van der Waals surface area (Å²) in [6.45, 7) is 6.28. The lowest BCUT2D eigenvalue weighted by Crippen LogP contribution is -2.04. The van der Waals surface area contributed by atoms with Crippen molar-refractivity contribution in [2.45, 2.75) is 12.7 Å². The van der Waals surface area contributed by atoms with Gasteiger partial charge in [0.1, 0.15) is 11.6 Å². The molecule has 76 valence electrons. The highest BCUT2D eigenvalue weighted by atomic mass is 32.2. The van der Waals surface area contributed by atoms with Gasteiger partial charge in [0.05, 0.1) is 5.69 Å². The molecule has 14 heavy (non-hydrogen) atoms. The Balaban J connectivity index is 2.77. The van der Waals surface area contributed by atoms with E-state index < -0.39 is 0 Å². The second-order valence-electron chi connectivity index (χ2n) is 2.89. The highest BCUT2D eigenvalue weighted by molar-refractivity contribution is 7.97. The minimum Gasteiger partial charge on any atom is -0.366 e. The molecule has 0 atom stereocenters. The van der Waals surface area contributed by atoms with Crippen molar-refractivity contribution in [3.05, 3.63) is 30.2 Å². The normalized spacial score (nSPS) is 9.86. The van der Waals surface area contributed by atoms with Crippen molar-refractivity contribution < 1.29 is 0 Å². The summed E-state index contributed by atoms with van der Waals surface area (Å²) >= 11 is 1.76. The monoisotopic (exact) mass is 209 g/mol. The molecule has 1 heterocycles. The largest absolute Gasteiger partial charge is 0.366 e. The van der Waals surface area contributed by atoms with E-state index in [2.05, 4.69) is 28.1 Å².